The molecular weight excluding hydrogens is 342 g/mol. The highest BCUT2D eigenvalue weighted by molar-refractivity contribution is 7.18. The van der Waals surface area contributed by atoms with Crippen molar-refractivity contribution in [3.05, 3.63) is 50.1 Å². The Hall–Kier alpha value is -2.14. The largest absolute Gasteiger partial charge is 0.325 e. The molecule has 0 saturated heterocycles. The number of anilines is 2. The van der Waals surface area contributed by atoms with Crippen molar-refractivity contribution in [2.75, 3.05) is 5.32 Å². The third kappa shape index (κ3) is 2.94. The van der Waals surface area contributed by atoms with Crippen molar-refractivity contribution in [1.29, 1.82) is 0 Å². The fourth-order valence-electron chi connectivity index (χ4n) is 3.96. The highest BCUT2D eigenvalue weighted by Crippen LogP contribution is 2.35. The fourth-order valence-corrected chi connectivity index (χ4v) is 5.21. The predicted molar refractivity (Wildman–Crippen MR) is 110 cm³/mol. The van der Waals surface area contributed by atoms with Gasteiger partial charge in [0.15, 0.2) is 0 Å². The van der Waals surface area contributed by atoms with Gasteiger partial charge >= 0.3 is 0 Å². The number of fused-ring (bicyclic) bond motifs is 3. The van der Waals surface area contributed by atoms with E-state index in [-0.39, 0.29) is 11.6 Å². The first-order chi connectivity index (χ1) is 12.4. The van der Waals surface area contributed by atoms with Crippen molar-refractivity contribution in [3.8, 4) is 0 Å². The number of hydrogen-bond acceptors (Lipinski definition) is 4. The molecule has 1 N–H and O–H groups in total. The zero-order valence-electron chi connectivity index (χ0n) is 15.8. The summed E-state index contributed by atoms with van der Waals surface area (Å²) in [6.07, 6.45) is 4.47. The van der Waals surface area contributed by atoms with Crippen LogP contribution in [0.4, 0.5) is 11.6 Å². The minimum Gasteiger partial charge on any atom is -0.325 e. The van der Waals surface area contributed by atoms with E-state index in [2.05, 4.69) is 37.4 Å². The lowest BCUT2D eigenvalue weighted by Crippen LogP contribution is -2.26. The van der Waals surface area contributed by atoms with E-state index in [9.17, 15) is 4.79 Å². The maximum absolute atomic E-state index is 13.3. The first kappa shape index (κ1) is 17.3. The lowest BCUT2D eigenvalue weighted by molar-refractivity contribution is 0.582. The average Bonchev–Trinajstić information content (AvgIpc) is 2.91. The van der Waals surface area contributed by atoms with Crippen molar-refractivity contribution in [3.63, 3.8) is 0 Å². The van der Waals surface area contributed by atoms with Crippen LogP contribution in [0.15, 0.2) is 23.0 Å². The zero-order chi connectivity index (χ0) is 18.4. The number of rotatable bonds is 3. The van der Waals surface area contributed by atoms with Crippen molar-refractivity contribution in [1.82, 2.24) is 9.55 Å². The molecule has 1 aromatic carbocycles. The molecule has 5 heteroatoms. The van der Waals surface area contributed by atoms with E-state index in [0.29, 0.717) is 5.95 Å². The molecular formula is C21H25N3OS. The van der Waals surface area contributed by atoms with Crippen LogP contribution in [0.2, 0.25) is 0 Å². The second-order valence-electron chi connectivity index (χ2n) is 7.60. The molecule has 0 amide bonds. The third-order valence-corrected chi connectivity index (χ3v) is 6.20. The van der Waals surface area contributed by atoms with Gasteiger partial charge < -0.3 is 5.32 Å². The van der Waals surface area contributed by atoms with Gasteiger partial charge in [-0.05, 0) is 82.2 Å². The van der Waals surface area contributed by atoms with Gasteiger partial charge in [-0.3, -0.25) is 9.36 Å². The summed E-state index contributed by atoms with van der Waals surface area (Å²) in [5.74, 6) is 0.640. The number of aromatic nitrogens is 2. The van der Waals surface area contributed by atoms with Crippen LogP contribution in [-0.4, -0.2) is 9.55 Å². The van der Waals surface area contributed by atoms with Gasteiger partial charge in [0.1, 0.15) is 4.83 Å². The lowest BCUT2D eigenvalue weighted by atomic mass is 9.97. The van der Waals surface area contributed by atoms with Crippen LogP contribution < -0.4 is 10.9 Å². The highest BCUT2D eigenvalue weighted by Gasteiger charge is 2.23. The number of thiophene rings is 1. The van der Waals surface area contributed by atoms with Crippen molar-refractivity contribution < 1.29 is 0 Å². The third-order valence-electron chi connectivity index (χ3n) is 5.02. The molecule has 0 unspecified atom stereocenters. The van der Waals surface area contributed by atoms with E-state index < -0.39 is 0 Å². The number of nitrogens with zero attached hydrogens (tertiary/aromatic N) is 2. The van der Waals surface area contributed by atoms with Crippen LogP contribution in [0.3, 0.4) is 0 Å². The van der Waals surface area contributed by atoms with E-state index in [1.54, 1.807) is 11.3 Å². The van der Waals surface area contributed by atoms with Gasteiger partial charge in [-0.25, -0.2) is 4.98 Å². The Labute approximate surface area is 157 Å². The average molecular weight is 368 g/mol. The second kappa shape index (κ2) is 6.54. The van der Waals surface area contributed by atoms with Crippen LogP contribution in [0.1, 0.15) is 54.3 Å². The summed E-state index contributed by atoms with van der Waals surface area (Å²) in [5.41, 5.74) is 4.71. The summed E-state index contributed by atoms with van der Waals surface area (Å²) < 4.78 is 1.81. The molecule has 0 bridgehead atoms. The fraction of sp³-hybridized carbons (Fsp3) is 0.429. The molecule has 2 aromatic heterocycles. The molecule has 0 saturated carbocycles. The molecule has 0 aliphatic heterocycles. The Morgan fingerprint density at radius 3 is 2.50 bits per heavy atom. The monoisotopic (exact) mass is 367 g/mol. The van der Waals surface area contributed by atoms with E-state index in [0.717, 1.165) is 28.7 Å². The van der Waals surface area contributed by atoms with Gasteiger partial charge in [0.05, 0.1) is 5.39 Å². The molecule has 4 rings (SSSR count). The zero-order valence-corrected chi connectivity index (χ0v) is 16.7. The van der Waals surface area contributed by atoms with Gasteiger partial charge in [-0.2, -0.15) is 0 Å². The van der Waals surface area contributed by atoms with Gasteiger partial charge in [0.25, 0.3) is 5.56 Å². The Morgan fingerprint density at radius 2 is 1.81 bits per heavy atom. The maximum atomic E-state index is 13.3. The Bertz CT molecular complexity index is 1030. The molecule has 0 atom stereocenters. The predicted octanol–water partition coefficient (Wildman–Crippen LogP) is 5.28. The number of nitrogens with one attached hydrogen (secondary N) is 1. The van der Waals surface area contributed by atoms with Crippen LogP contribution >= 0.6 is 11.3 Å². The van der Waals surface area contributed by atoms with Crippen molar-refractivity contribution in [2.45, 2.75) is 59.4 Å². The summed E-state index contributed by atoms with van der Waals surface area (Å²) >= 11 is 1.70. The topological polar surface area (TPSA) is 46.9 Å². The number of benzene rings is 1. The van der Waals surface area contributed by atoms with Crippen LogP contribution in [0.25, 0.3) is 10.2 Å². The number of aryl methyl sites for hydroxylation is 4. The quantitative estimate of drug-likeness (QED) is 0.685. The first-order valence-corrected chi connectivity index (χ1v) is 10.2. The standard InChI is InChI=1S/C21H25N3OS/c1-12(2)24-20(25)18-16-7-5-6-8-17(16)26-19(18)23-21(24)22-15-10-13(3)9-14(4)11-15/h9-12H,5-8H2,1-4H3,(H,22,23). The molecule has 1 aliphatic carbocycles. The van der Waals surface area contributed by atoms with Gasteiger partial charge in [0, 0.05) is 16.6 Å². The molecule has 136 valence electrons. The van der Waals surface area contributed by atoms with E-state index in [4.69, 9.17) is 4.98 Å². The molecule has 3 aromatic rings. The maximum Gasteiger partial charge on any atom is 0.264 e. The summed E-state index contributed by atoms with van der Waals surface area (Å²) in [6.45, 7) is 8.25. The summed E-state index contributed by atoms with van der Waals surface area (Å²) in [6, 6.07) is 6.37. The Balaban J connectivity index is 1.91. The summed E-state index contributed by atoms with van der Waals surface area (Å²) in [4.78, 5) is 20.5. The molecule has 4 nitrogen and oxygen atoms in total. The van der Waals surface area contributed by atoms with Crippen LogP contribution in [-0.2, 0) is 12.8 Å². The van der Waals surface area contributed by atoms with Crippen molar-refractivity contribution in [2.24, 2.45) is 0 Å². The van der Waals surface area contributed by atoms with Crippen LogP contribution in [0, 0.1) is 13.8 Å². The molecule has 0 radical (unpaired) electrons. The minimum absolute atomic E-state index is 0.0481. The minimum atomic E-state index is 0.0481. The summed E-state index contributed by atoms with van der Waals surface area (Å²) in [5, 5.41) is 4.26. The molecule has 0 fully saturated rings. The van der Waals surface area contributed by atoms with Gasteiger partial charge in [-0.15, -0.1) is 11.3 Å². The summed E-state index contributed by atoms with van der Waals surface area (Å²) in [7, 11) is 0. The molecule has 2 heterocycles. The van der Waals surface area contributed by atoms with E-state index in [1.165, 1.54) is 34.4 Å². The number of hydrogen-bond donors (Lipinski definition) is 1. The van der Waals surface area contributed by atoms with Crippen LogP contribution in [0.5, 0.6) is 0 Å². The van der Waals surface area contributed by atoms with Crippen molar-refractivity contribution >= 4 is 33.2 Å². The SMILES string of the molecule is Cc1cc(C)cc(Nc2nc3sc4c(c3c(=O)n2C(C)C)CCCC4)c1. The smallest absolute Gasteiger partial charge is 0.264 e. The second-order valence-corrected chi connectivity index (χ2v) is 8.68. The van der Waals surface area contributed by atoms with Gasteiger partial charge in [0.2, 0.25) is 5.95 Å². The Morgan fingerprint density at radius 1 is 1.12 bits per heavy atom. The molecule has 26 heavy (non-hydrogen) atoms. The first-order valence-electron chi connectivity index (χ1n) is 9.36. The molecule has 1 aliphatic rings. The normalized spacial score (nSPS) is 14.0. The van der Waals surface area contributed by atoms with E-state index >= 15 is 0 Å². The van der Waals surface area contributed by atoms with E-state index in [1.807, 2.05) is 18.4 Å². The highest BCUT2D eigenvalue weighted by atomic mass is 32.1. The Kier molecular flexibility index (Phi) is 4.35. The molecule has 0 spiro atoms. The van der Waals surface area contributed by atoms with Gasteiger partial charge in [-0.1, -0.05) is 6.07 Å². The lowest BCUT2D eigenvalue weighted by Gasteiger charge is -2.18.